The molecule has 6 heteroatoms. The molecule has 2 heterocycles. The van der Waals surface area contributed by atoms with E-state index in [1.54, 1.807) is 0 Å². The number of H-pyrrole nitrogens is 1. The number of hydrogen-bond acceptors (Lipinski definition) is 4. The molecule has 0 bridgehead atoms. The van der Waals surface area contributed by atoms with Gasteiger partial charge in [0.1, 0.15) is 0 Å². The highest BCUT2D eigenvalue weighted by Crippen LogP contribution is 2.23. The average Bonchev–Trinajstić information content (AvgIpc) is 3.04. The Morgan fingerprint density at radius 3 is 3.05 bits per heavy atom. The minimum Gasteiger partial charge on any atom is -0.395 e. The van der Waals surface area contributed by atoms with Crippen LogP contribution in [-0.4, -0.2) is 35.4 Å². The molecule has 6 nitrogen and oxygen atoms in total. The number of nitrogens with one attached hydrogen (secondary N) is 2. The van der Waals surface area contributed by atoms with Crippen LogP contribution in [0.5, 0.6) is 0 Å². The first-order valence-corrected chi connectivity index (χ1v) is 7.39. The normalized spacial score (nSPS) is 22.1. The van der Waals surface area contributed by atoms with Crippen molar-refractivity contribution in [1.82, 2.24) is 15.5 Å². The summed E-state index contributed by atoms with van der Waals surface area (Å²) in [5.41, 5.74) is 7.57. The van der Waals surface area contributed by atoms with Crippen LogP contribution in [0.15, 0.2) is 0 Å². The van der Waals surface area contributed by atoms with E-state index in [0.717, 1.165) is 38.0 Å². The minimum atomic E-state index is -0.206. The number of hydrogen-bond donors (Lipinski definition) is 3. The topological polar surface area (TPSA) is 93.0 Å². The lowest BCUT2D eigenvalue weighted by molar-refractivity contribution is 0.0825. The maximum Gasteiger partial charge on any atom is 0.273 e. The molecular formula is C14H24N4O2. The largest absolute Gasteiger partial charge is 0.395 e. The van der Waals surface area contributed by atoms with Crippen molar-refractivity contribution in [1.29, 1.82) is 0 Å². The minimum absolute atomic E-state index is 0.206. The van der Waals surface area contributed by atoms with E-state index in [4.69, 9.17) is 10.5 Å². The third-order valence-electron chi connectivity index (χ3n) is 3.87. The number of ether oxygens (including phenoxy) is 1. The van der Waals surface area contributed by atoms with E-state index in [1.165, 1.54) is 0 Å². The summed E-state index contributed by atoms with van der Waals surface area (Å²) in [6.45, 7) is 5.57. The second-order valence-corrected chi connectivity index (χ2v) is 5.29. The predicted molar refractivity (Wildman–Crippen MR) is 77.5 cm³/mol. The molecular weight excluding hydrogens is 256 g/mol. The molecule has 1 aliphatic heterocycles. The van der Waals surface area contributed by atoms with Gasteiger partial charge >= 0.3 is 0 Å². The van der Waals surface area contributed by atoms with E-state index in [2.05, 4.69) is 29.4 Å². The zero-order chi connectivity index (χ0) is 14.5. The van der Waals surface area contributed by atoms with Crippen molar-refractivity contribution in [2.75, 3.05) is 18.9 Å². The lowest BCUT2D eigenvalue weighted by Crippen LogP contribution is -2.33. The monoisotopic (exact) mass is 280 g/mol. The first kappa shape index (κ1) is 14.8. The molecule has 1 aromatic rings. The zero-order valence-electron chi connectivity index (χ0n) is 12.2. The molecule has 4 N–H and O–H groups in total. The van der Waals surface area contributed by atoms with Crippen molar-refractivity contribution in [3.63, 3.8) is 0 Å². The number of anilines is 1. The molecule has 0 spiro atoms. The Morgan fingerprint density at radius 2 is 2.35 bits per heavy atom. The van der Waals surface area contributed by atoms with Gasteiger partial charge < -0.3 is 15.8 Å². The maximum absolute atomic E-state index is 12.1. The third kappa shape index (κ3) is 3.12. The number of carbonyl (C=O) groups excluding carboxylic acids is 1. The van der Waals surface area contributed by atoms with Crippen LogP contribution in [0.25, 0.3) is 0 Å². The number of nitrogens with two attached hydrogens (primary N) is 1. The van der Waals surface area contributed by atoms with Gasteiger partial charge in [-0.05, 0) is 19.3 Å². The summed E-state index contributed by atoms with van der Waals surface area (Å²) in [5, 5.41) is 9.79. The van der Waals surface area contributed by atoms with Crippen LogP contribution in [0.1, 0.15) is 49.3 Å². The Morgan fingerprint density at radius 1 is 1.55 bits per heavy atom. The van der Waals surface area contributed by atoms with Crippen LogP contribution in [-0.2, 0) is 11.2 Å². The SMILES string of the molecule is CCCc1[nH]nc(C(=O)NCC2CCOC2CC)c1N. The molecule has 1 aliphatic rings. The van der Waals surface area contributed by atoms with Crippen molar-refractivity contribution < 1.29 is 9.53 Å². The summed E-state index contributed by atoms with van der Waals surface area (Å²) in [6.07, 6.45) is 4.00. The Balaban J connectivity index is 1.91. The molecule has 0 radical (unpaired) electrons. The predicted octanol–water partition coefficient (Wildman–Crippen LogP) is 1.49. The van der Waals surface area contributed by atoms with E-state index in [9.17, 15) is 4.79 Å². The van der Waals surface area contributed by atoms with Gasteiger partial charge in [0.05, 0.1) is 17.5 Å². The van der Waals surface area contributed by atoms with E-state index in [0.29, 0.717) is 23.8 Å². The second-order valence-electron chi connectivity index (χ2n) is 5.29. The number of aryl methyl sites for hydroxylation is 1. The Kier molecular flexibility index (Phi) is 5.00. The van der Waals surface area contributed by atoms with Crippen molar-refractivity contribution >= 4 is 11.6 Å². The van der Waals surface area contributed by atoms with Crippen LogP contribution < -0.4 is 11.1 Å². The van der Waals surface area contributed by atoms with Gasteiger partial charge in [-0.2, -0.15) is 5.10 Å². The van der Waals surface area contributed by atoms with Crippen LogP contribution in [0.3, 0.4) is 0 Å². The van der Waals surface area contributed by atoms with Crippen LogP contribution >= 0.6 is 0 Å². The van der Waals surface area contributed by atoms with Crippen LogP contribution in [0, 0.1) is 5.92 Å². The Bertz CT molecular complexity index is 458. The summed E-state index contributed by atoms with van der Waals surface area (Å²) in [6, 6.07) is 0. The number of nitrogen functional groups attached to an aromatic ring is 1. The van der Waals surface area contributed by atoms with E-state index < -0.39 is 0 Å². The molecule has 1 aromatic heterocycles. The molecule has 1 fully saturated rings. The molecule has 2 atom stereocenters. The van der Waals surface area contributed by atoms with Gasteiger partial charge in [0.15, 0.2) is 5.69 Å². The van der Waals surface area contributed by atoms with Gasteiger partial charge in [0.25, 0.3) is 5.91 Å². The summed E-state index contributed by atoms with van der Waals surface area (Å²) in [7, 11) is 0. The number of aromatic nitrogens is 2. The highest BCUT2D eigenvalue weighted by molar-refractivity contribution is 5.97. The zero-order valence-corrected chi connectivity index (χ0v) is 12.2. The Labute approximate surface area is 119 Å². The quantitative estimate of drug-likeness (QED) is 0.736. The first-order valence-electron chi connectivity index (χ1n) is 7.39. The Hall–Kier alpha value is -1.56. The van der Waals surface area contributed by atoms with Crippen molar-refractivity contribution in [2.24, 2.45) is 5.92 Å². The van der Waals surface area contributed by atoms with Crippen molar-refractivity contribution in [2.45, 2.75) is 45.6 Å². The number of nitrogens with zero attached hydrogens (tertiary/aromatic N) is 1. The number of aromatic amines is 1. The molecule has 0 aromatic carbocycles. The second kappa shape index (κ2) is 6.74. The molecule has 1 saturated heterocycles. The van der Waals surface area contributed by atoms with E-state index in [-0.39, 0.29) is 12.0 Å². The number of carbonyl (C=O) groups is 1. The fourth-order valence-electron chi connectivity index (χ4n) is 2.69. The standard InChI is InChI=1S/C14H24N4O2/c1-3-5-10-12(15)13(18-17-10)14(19)16-8-9-6-7-20-11(9)4-2/h9,11H,3-8,15H2,1-2H3,(H,16,19)(H,17,18). The molecule has 0 aliphatic carbocycles. The van der Waals surface area contributed by atoms with Crippen LogP contribution in [0.2, 0.25) is 0 Å². The summed E-state index contributed by atoms with van der Waals surface area (Å²) >= 11 is 0. The average molecular weight is 280 g/mol. The van der Waals surface area contributed by atoms with Gasteiger partial charge in [-0.1, -0.05) is 20.3 Å². The molecule has 2 unspecified atom stereocenters. The highest BCUT2D eigenvalue weighted by atomic mass is 16.5. The summed E-state index contributed by atoms with van der Waals surface area (Å²) < 4.78 is 5.61. The van der Waals surface area contributed by atoms with Crippen LogP contribution in [0.4, 0.5) is 5.69 Å². The van der Waals surface area contributed by atoms with Gasteiger partial charge in [-0.15, -0.1) is 0 Å². The van der Waals surface area contributed by atoms with E-state index in [1.807, 2.05) is 0 Å². The van der Waals surface area contributed by atoms with Crippen molar-refractivity contribution in [3.8, 4) is 0 Å². The van der Waals surface area contributed by atoms with Gasteiger partial charge in [0, 0.05) is 19.1 Å². The fraction of sp³-hybridized carbons (Fsp3) is 0.714. The smallest absolute Gasteiger partial charge is 0.273 e. The molecule has 2 rings (SSSR count). The number of rotatable bonds is 6. The first-order chi connectivity index (χ1) is 9.67. The molecule has 1 amide bonds. The number of amides is 1. The maximum atomic E-state index is 12.1. The summed E-state index contributed by atoms with van der Waals surface area (Å²) in [4.78, 5) is 12.1. The highest BCUT2D eigenvalue weighted by Gasteiger charge is 2.27. The van der Waals surface area contributed by atoms with E-state index >= 15 is 0 Å². The molecule has 20 heavy (non-hydrogen) atoms. The lowest BCUT2D eigenvalue weighted by Gasteiger charge is -2.16. The molecule has 112 valence electrons. The van der Waals surface area contributed by atoms with Crippen molar-refractivity contribution in [3.05, 3.63) is 11.4 Å². The van der Waals surface area contributed by atoms with Gasteiger partial charge in [-0.25, -0.2) is 0 Å². The lowest BCUT2D eigenvalue weighted by atomic mass is 9.99. The summed E-state index contributed by atoms with van der Waals surface area (Å²) in [5.74, 6) is 0.182. The van der Waals surface area contributed by atoms with Gasteiger partial charge in [0.2, 0.25) is 0 Å². The molecule has 0 saturated carbocycles. The third-order valence-corrected chi connectivity index (χ3v) is 3.87. The fourth-order valence-corrected chi connectivity index (χ4v) is 2.69. The van der Waals surface area contributed by atoms with Gasteiger partial charge in [-0.3, -0.25) is 9.89 Å².